The van der Waals surface area contributed by atoms with Gasteiger partial charge >= 0.3 is 11.8 Å². The maximum Gasteiger partial charge on any atom is 0.314 e. The van der Waals surface area contributed by atoms with E-state index in [1.165, 1.54) is 24.3 Å². The number of nitrogens with one attached hydrogen (secondary N) is 2. The van der Waals surface area contributed by atoms with E-state index in [-0.39, 0.29) is 17.3 Å². The number of carbonyl (C=O) groups is 3. The fraction of sp³-hybridized carbons (Fsp3) is 0.211. The minimum Gasteiger partial charge on any atom is -0.318 e. The van der Waals surface area contributed by atoms with E-state index in [1.807, 2.05) is 0 Å². The molecule has 2 N–H and O–H groups in total. The lowest BCUT2D eigenvalue weighted by Crippen LogP contribution is -2.31. The van der Waals surface area contributed by atoms with Crippen LogP contribution in [0.15, 0.2) is 36.4 Å². The molecular formula is C19H16N4O5. The molecule has 0 radical (unpaired) electrons. The van der Waals surface area contributed by atoms with Gasteiger partial charge in [-0.1, -0.05) is 0 Å². The molecule has 3 amide bonds. The van der Waals surface area contributed by atoms with Gasteiger partial charge < -0.3 is 15.5 Å². The normalized spacial score (nSPS) is 14.4. The van der Waals surface area contributed by atoms with Crippen LogP contribution in [0.2, 0.25) is 0 Å². The first-order valence-corrected chi connectivity index (χ1v) is 8.75. The Morgan fingerprint density at radius 3 is 2.32 bits per heavy atom. The van der Waals surface area contributed by atoms with Crippen molar-refractivity contribution in [2.24, 2.45) is 0 Å². The summed E-state index contributed by atoms with van der Waals surface area (Å²) in [4.78, 5) is 48.3. The number of carbonyl (C=O) groups excluding carboxylic acids is 3. The molecule has 0 saturated carbocycles. The van der Waals surface area contributed by atoms with Gasteiger partial charge in [0.2, 0.25) is 5.91 Å². The number of nitro groups is 1. The summed E-state index contributed by atoms with van der Waals surface area (Å²) in [6.07, 6.45) is 1.96. The standard InChI is InChI=1S/C19H16N4O5/c24-16-10-12-9-14(8-11-2-1-7-22(16)17(11)12)21-19(26)18(25)20-13-3-5-15(6-4-13)23(27)28/h3-6,8-9H,1-2,7,10H2,(H,20,25)(H,21,26). The molecule has 2 aromatic carbocycles. The number of benzene rings is 2. The molecule has 0 unspecified atom stereocenters. The Bertz CT molecular complexity index is 1020. The van der Waals surface area contributed by atoms with Crippen molar-refractivity contribution in [3.8, 4) is 0 Å². The smallest absolute Gasteiger partial charge is 0.314 e. The zero-order chi connectivity index (χ0) is 19.8. The van der Waals surface area contributed by atoms with Crippen LogP contribution in [-0.4, -0.2) is 29.2 Å². The van der Waals surface area contributed by atoms with Crippen LogP contribution in [-0.2, 0) is 27.2 Å². The fourth-order valence-electron chi connectivity index (χ4n) is 3.59. The molecule has 0 aliphatic carbocycles. The summed E-state index contributed by atoms with van der Waals surface area (Å²) in [5.41, 5.74) is 3.40. The molecule has 0 atom stereocenters. The Labute approximate surface area is 159 Å². The Morgan fingerprint density at radius 2 is 1.64 bits per heavy atom. The average Bonchev–Trinajstić information content (AvgIpc) is 2.99. The second-order valence-corrected chi connectivity index (χ2v) is 6.68. The first kappa shape index (κ1) is 17.7. The largest absolute Gasteiger partial charge is 0.318 e. The summed E-state index contributed by atoms with van der Waals surface area (Å²) < 4.78 is 0. The highest BCUT2D eigenvalue weighted by molar-refractivity contribution is 6.43. The number of aryl methyl sites for hydroxylation is 1. The van der Waals surface area contributed by atoms with Crippen molar-refractivity contribution in [3.63, 3.8) is 0 Å². The average molecular weight is 380 g/mol. The van der Waals surface area contributed by atoms with Crippen LogP contribution in [0.5, 0.6) is 0 Å². The number of anilines is 3. The molecule has 9 heteroatoms. The first-order valence-electron chi connectivity index (χ1n) is 8.75. The third kappa shape index (κ3) is 3.18. The molecule has 0 fully saturated rings. The van der Waals surface area contributed by atoms with E-state index >= 15 is 0 Å². The van der Waals surface area contributed by atoms with Crippen molar-refractivity contribution < 1.29 is 19.3 Å². The second-order valence-electron chi connectivity index (χ2n) is 6.68. The van der Waals surface area contributed by atoms with Gasteiger partial charge in [0.05, 0.1) is 17.0 Å². The monoisotopic (exact) mass is 380 g/mol. The van der Waals surface area contributed by atoms with E-state index in [4.69, 9.17) is 0 Å². The molecule has 0 saturated heterocycles. The lowest BCUT2D eigenvalue weighted by molar-refractivity contribution is -0.384. The second kappa shape index (κ2) is 6.76. The van der Waals surface area contributed by atoms with Crippen molar-refractivity contribution in [2.45, 2.75) is 19.3 Å². The van der Waals surface area contributed by atoms with Gasteiger partial charge in [0.25, 0.3) is 5.69 Å². The van der Waals surface area contributed by atoms with E-state index in [9.17, 15) is 24.5 Å². The van der Waals surface area contributed by atoms with Crippen molar-refractivity contribution in [2.75, 3.05) is 22.1 Å². The number of hydrogen-bond donors (Lipinski definition) is 2. The van der Waals surface area contributed by atoms with Crippen molar-refractivity contribution >= 4 is 40.5 Å². The quantitative estimate of drug-likeness (QED) is 0.479. The van der Waals surface area contributed by atoms with Crippen LogP contribution in [0.4, 0.5) is 22.7 Å². The van der Waals surface area contributed by atoms with Crippen molar-refractivity contribution in [1.29, 1.82) is 0 Å². The van der Waals surface area contributed by atoms with E-state index in [0.29, 0.717) is 18.7 Å². The lowest BCUT2D eigenvalue weighted by Gasteiger charge is -2.26. The Balaban J connectivity index is 1.47. The fourth-order valence-corrected chi connectivity index (χ4v) is 3.59. The first-order chi connectivity index (χ1) is 13.4. The summed E-state index contributed by atoms with van der Waals surface area (Å²) in [5, 5.41) is 15.6. The molecule has 142 valence electrons. The highest BCUT2D eigenvalue weighted by atomic mass is 16.6. The zero-order valence-corrected chi connectivity index (χ0v) is 14.7. The topological polar surface area (TPSA) is 122 Å². The highest BCUT2D eigenvalue weighted by Gasteiger charge is 2.32. The van der Waals surface area contributed by atoms with Gasteiger partial charge in [-0.25, -0.2) is 0 Å². The molecular weight excluding hydrogens is 364 g/mol. The number of rotatable bonds is 3. The van der Waals surface area contributed by atoms with Gasteiger partial charge in [0, 0.05) is 30.1 Å². The van der Waals surface area contributed by atoms with Crippen molar-refractivity contribution in [3.05, 3.63) is 57.6 Å². The molecule has 2 heterocycles. The Hall–Kier alpha value is -3.75. The van der Waals surface area contributed by atoms with Crippen molar-refractivity contribution in [1.82, 2.24) is 0 Å². The lowest BCUT2D eigenvalue weighted by atomic mass is 9.99. The van der Waals surface area contributed by atoms with Crippen LogP contribution >= 0.6 is 0 Å². The van der Waals surface area contributed by atoms with E-state index in [0.717, 1.165) is 29.7 Å². The molecule has 0 bridgehead atoms. The van der Waals surface area contributed by atoms with Gasteiger partial charge in [-0.05, 0) is 48.2 Å². The SMILES string of the molecule is O=C(Nc1ccc([N+](=O)[O-])cc1)C(=O)Nc1cc2c3c(c1)CC(=O)N3CCC2. The molecule has 2 aliphatic heterocycles. The van der Waals surface area contributed by atoms with E-state index < -0.39 is 16.7 Å². The highest BCUT2D eigenvalue weighted by Crippen LogP contribution is 2.38. The maximum absolute atomic E-state index is 12.2. The summed E-state index contributed by atoms with van der Waals surface area (Å²) in [5.74, 6) is -1.70. The minimum atomic E-state index is -0.888. The summed E-state index contributed by atoms with van der Waals surface area (Å²) >= 11 is 0. The van der Waals surface area contributed by atoms with Gasteiger partial charge in [-0.15, -0.1) is 0 Å². The molecule has 2 aromatic rings. The Kier molecular flexibility index (Phi) is 4.26. The van der Waals surface area contributed by atoms with E-state index in [1.54, 1.807) is 17.0 Å². The minimum absolute atomic E-state index is 0.0512. The summed E-state index contributed by atoms with van der Waals surface area (Å²) in [7, 11) is 0. The summed E-state index contributed by atoms with van der Waals surface area (Å²) in [6, 6.07) is 8.69. The number of amides is 3. The molecule has 4 rings (SSSR count). The van der Waals surface area contributed by atoms with Crippen LogP contribution in [0.3, 0.4) is 0 Å². The number of hydrogen-bond acceptors (Lipinski definition) is 5. The van der Waals surface area contributed by atoms with E-state index in [2.05, 4.69) is 10.6 Å². The zero-order valence-electron chi connectivity index (χ0n) is 14.7. The summed E-state index contributed by atoms with van der Waals surface area (Å²) in [6.45, 7) is 0.710. The Morgan fingerprint density at radius 1 is 1.00 bits per heavy atom. The maximum atomic E-state index is 12.2. The molecule has 2 aliphatic rings. The van der Waals surface area contributed by atoms with Crippen LogP contribution in [0.1, 0.15) is 17.5 Å². The van der Waals surface area contributed by atoms with Crippen LogP contribution in [0, 0.1) is 10.1 Å². The number of nitrogens with zero attached hydrogens (tertiary/aromatic N) is 2. The van der Waals surface area contributed by atoms with Gasteiger partial charge in [-0.3, -0.25) is 24.5 Å². The molecule has 9 nitrogen and oxygen atoms in total. The predicted molar refractivity (Wildman–Crippen MR) is 101 cm³/mol. The number of nitro benzene ring substituents is 1. The molecule has 0 aromatic heterocycles. The molecule has 28 heavy (non-hydrogen) atoms. The third-order valence-electron chi connectivity index (χ3n) is 4.81. The van der Waals surface area contributed by atoms with Gasteiger partial charge in [-0.2, -0.15) is 0 Å². The molecule has 0 spiro atoms. The predicted octanol–water partition coefficient (Wildman–Crippen LogP) is 2.01. The van der Waals surface area contributed by atoms with Crippen LogP contribution < -0.4 is 15.5 Å². The third-order valence-corrected chi connectivity index (χ3v) is 4.81. The van der Waals surface area contributed by atoms with Gasteiger partial charge in [0.15, 0.2) is 0 Å². The van der Waals surface area contributed by atoms with Gasteiger partial charge in [0.1, 0.15) is 0 Å². The van der Waals surface area contributed by atoms with Crippen LogP contribution in [0.25, 0.3) is 0 Å². The number of non-ortho nitro benzene ring substituents is 1.